The molecule has 4 N–H and O–H groups in total. The standard InChI is InChI=1S/C15H14ClN3O2/c16-12-3-1-2-11(8-12)9-4-6-10(7-5-9)13-14(15(20)21)18-19-17-13/h1-8,13-14,17-19H,(H,20,21). The van der Waals surface area contributed by atoms with E-state index in [2.05, 4.69) is 16.4 Å². The molecule has 0 spiro atoms. The van der Waals surface area contributed by atoms with E-state index in [0.29, 0.717) is 5.02 Å². The van der Waals surface area contributed by atoms with Crippen LogP contribution >= 0.6 is 11.6 Å². The summed E-state index contributed by atoms with van der Waals surface area (Å²) in [6.07, 6.45) is 0. The maximum Gasteiger partial charge on any atom is 0.324 e. The molecule has 6 heteroatoms. The lowest BCUT2D eigenvalue weighted by Gasteiger charge is -2.15. The van der Waals surface area contributed by atoms with E-state index < -0.39 is 12.0 Å². The van der Waals surface area contributed by atoms with Gasteiger partial charge in [0.2, 0.25) is 0 Å². The molecular weight excluding hydrogens is 290 g/mol. The van der Waals surface area contributed by atoms with Crippen molar-refractivity contribution < 1.29 is 9.90 Å². The van der Waals surface area contributed by atoms with Crippen molar-refractivity contribution in [3.63, 3.8) is 0 Å². The minimum atomic E-state index is -0.906. The lowest BCUT2D eigenvalue weighted by molar-refractivity contribution is -0.139. The van der Waals surface area contributed by atoms with E-state index in [1.807, 2.05) is 48.5 Å². The van der Waals surface area contributed by atoms with Crippen LogP contribution in [0, 0.1) is 0 Å². The van der Waals surface area contributed by atoms with E-state index in [-0.39, 0.29) is 6.04 Å². The molecule has 1 fully saturated rings. The highest BCUT2D eigenvalue weighted by Crippen LogP contribution is 2.26. The average Bonchev–Trinajstić information content (AvgIpc) is 2.97. The molecule has 2 aromatic rings. The predicted octanol–water partition coefficient (Wildman–Crippen LogP) is 2.11. The first-order valence-corrected chi connectivity index (χ1v) is 6.88. The molecule has 108 valence electrons. The number of carbonyl (C=O) groups is 1. The SMILES string of the molecule is O=C(O)C1NNNC1c1ccc(-c2cccc(Cl)c2)cc1. The number of hydrogen-bond donors (Lipinski definition) is 4. The molecule has 3 rings (SSSR count). The lowest BCUT2D eigenvalue weighted by atomic mass is 9.97. The third-order valence-electron chi connectivity index (χ3n) is 3.48. The molecule has 1 heterocycles. The second kappa shape index (κ2) is 5.83. The van der Waals surface area contributed by atoms with Crippen molar-refractivity contribution in [3.05, 3.63) is 59.1 Å². The van der Waals surface area contributed by atoms with E-state index >= 15 is 0 Å². The Bertz CT molecular complexity index is 660. The summed E-state index contributed by atoms with van der Waals surface area (Å²) < 4.78 is 0. The lowest BCUT2D eigenvalue weighted by Crippen LogP contribution is -2.38. The summed E-state index contributed by atoms with van der Waals surface area (Å²) in [5.41, 5.74) is 11.2. The Morgan fingerprint density at radius 3 is 2.48 bits per heavy atom. The van der Waals surface area contributed by atoms with Gasteiger partial charge in [0.05, 0.1) is 6.04 Å². The molecule has 1 saturated heterocycles. The van der Waals surface area contributed by atoms with Crippen molar-refractivity contribution in [2.75, 3.05) is 0 Å². The van der Waals surface area contributed by atoms with Crippen LogP contribution in [-0.4, -0.2) is 17.1 Å². The summed E-state index contributed by atoms with van der Waals surface area (Å²) in [7, 11) is 0. The van der Waals surface area contributed by atoms with Gasteiger partial charge in [-0.05, 0) is 28.8 Å². The van der Waals surface area contributed by atoms with Gasteiger partial charge in [0.15, 0.2) is 0 Å². The molecule has 0 bridgehead atoms. The predicted molar refractivity (Wildman–Crippen MR) is 80.5 cm³/mol. The molecule has 0 amide bonds. The van der Waals surface area contributed by atoms with Crippen LogP contribution in [0.5, 0.6) is 0 Å². The first-order chi connectivity index (χ1) is 10.1. The molecule has 0 aliphatic carbocycles. The Balaban J connectivity index is 1.86. The summed E-state index contributed by atoms with van der Waals surface area (Å²) in [4.78, 5) is 11.2. The molecule has 1 aliphatic heterocycles. The second-order valence-electron chi connectivity index (χ2n) is 4.84. The van der Waals surface area contributed by atoms with Crippen LogP contribution < -0.4 is 16.4 Å². The molecule has 5 nitrogen and oxygen atoms in total. The molecule has 2 unspecified atom stereocenters. The van der Waals surface area contributed by atoms with Crippen molar-refractivity contribution in [1.82, 2.24) is 16.4 Å². The summed E-state index contributed by atoms with van der Waals surface area (Å²) in [5, 5.41) is 9.84. The third-order valence-corrected chi connectivity index (χ3v) is 3.72. The third kappa shape index (κ3) is 2.91. The van der Waals surface area contributed by atoms with Crippen molar-refractivity contribution in [2.24, 2.45) is 0 Å². The molecule has 21 heavy (non-hydrogen) atoms. The van der Waals surface area contributed by atoms with Crippen LogP contribution in [0.3, 0.4) is 0 Å². The number of halogens is 1. The van der Waals surface area contributed by atoms with E-state index in [9.17, 15) is 4.79 Å². The van der Waals surface area contributed by atoms with Gasteiger partial charge in [-0.3, -0.25) is 4.79 Å². The second-order valence-corrected chi connectivity index (χ2v) is 5.28. The van der Waals surface area contributed by atoms with Crippen LogP contribution in [-0.2, 0) is 4.79 Å². The number of nitrogens with one attached hydrogen (secondary N) is 3. The number of benzene rings is 2. The van der Waals surface area contributed by atoms with Crippen molar-refractivity contribution in [3.8, 4) is 11.1 Å². The summed E-state index contributed by atoms with van der Waals surface area (Å²) in [5.74, 6) is -0.906. The van der Waals surface area contributed by atoms with Gasteiger partial charge in [0, 0.05) is 5.02 Å². The van der Waals surface area contributed by atoms with E-state index in [1.54, 1.807) is 0 Å². The maximum absolute atomic E-state index is 11.2. The van der Waals surface area contributed by atoms with Gasteiger partial charge in [0.1, 0.15) is 6.04 Å². The fourth-order valence-corrected chi connectivity index (χ4v) is 2.59. The molecule has 0 saturated carbocycles. The van der Waals surface area contributed by atoms with Gasteiger partial charge in [-0.1, -0.05) is 48.0 Å². The summed E-state index contributed by atoms with van der Waals surface area (Å²) in [6.45, 7) is 0. The maximum atomic E-state index is 11.2. The minimum Gasteiger partial charge on any atom is -0.480 e. The van der Waals surface area contributed by atoms with Gasteiger partial charge in [-0.15, -0.1) is 0 Å². The number of carboxylic acids is 1. The van der Waals surface area contributed by atoms with Gasteiger partial charge in [0.25, 0.3) is 0 Å². The van der Waals surface area contributed by atoms with Crippen molar-refractivity contribution >= 4 is 17.6 Å². The smallest absolute Gasteiger partial charge is 0.324 e. The Labute approximate surface area is 126 Å². The number of hydrogen-bond acceptors (Lipinski definition) is 4. The summed E-state index contributed by atoms with van der Waals surface area (Å²) >= 11 is 5.99. The fourth-order valence-electron chi connectivity index (χ4n) is 2.39. The van der Waals surface area contributed by atoms with Gasteiger partial charge in [-0.25, -0.2) is 10.9 Å². The zero-order valence-corrected chi connectivity index (χ0v) is 11.8. The first-order valence-electron chi connectivity index (χ1n) is 6.50. The number of carboxylic acid groups (broad SMARTS) is 1. The van der Waals surface area contributed by atoms with E-state index in [4.69, 9.17) is 16.7 Å². The molecule has 2 aromatic carbocycles. The van der Waals surface area contributed by atoms with Crippen LogP contribution in [0.15, 0.2) is 48.5 Å². The Morgan fingerprint density at radius 2 is 1.81 bits per heavy atom. The van der Waals surface area contributed by atoms with Crippen LogP contribution in [0.1, 0.15) is 11.6 Å². The Kier molecular flexibility index (Phi) is 3.90. The molecular formula is C15H14ClN3O2. The normalized spacial score (nSPS) is 21.4. The number of hydrazine groups is 2. The quantitative estimate of drug-likeness (QED) is 0.699. The monoisotopic (exact) mass is 303 g/mol. The highest BCUT2D eigenvalue weighted by atomic mass is 35.5. The molecule has 0 radical (unpaired) electrons. The zero-order chi connectivity index (χ0) is 14.8. The summed E-state index contributed by atoms with van der Waals surface area (Å²) in [6, 6.07) is 14.3. The first kappa shape index (κ1) is 14.0. The number of rotatable bonds is 3. The van der Waals surface area contributed by atoms with Crippen LogP contribution in [0.2, 0.25) is 5.02 Å². The minimum absolute atomic E-state index is 0.323. The number of aliphatic carboxylic acids is 1. The van der Waals surface area contributed by atoms with Crippen molar-refractivity contribution in [2.45, 2.75) is 12.1 Å². The van der Waals surface area contributed by atoms with Gasteiger partial charge < -0.3 is 5.11 Å². The Morgan fingerprint density at radius 1 is 1.05 bits per heavy atom. The molecule has 1 aliphatic rings. The largest absolute Gasteiger partial charge is 0.480 e. The molecule has 2 atom stereocenters. The van der Waals surface area contributed by atoms with Crippen LogP contribution in [0.4, 0.5) is 0 Å². The molecule has 0 aromatic heterocycles. The topological polar surface area (TPSA) is 73.4 Å². The zero-order valence-electron chi connectivity index (χ0n) is 11.0. The van der Waals surface area contributed by atoms with E-state index in [0.717, 1.165) is 16.7 Å². The Hall–Kier alpha value is -1.92. The van der Waals surface area contributed by atoms with Crippen LogP contribution in [0.25, 0.3) is 11.1 Å². The fraction of sp³-hybridized carbons (Fsp3) is 0.133. The van der Waals surface area contributed by atoms with Crippen molar-refractivity contribution in [1.29, 1.82) is 0 Å². The van der Waals surface area contributed by atoms with Gasteiger partial charge in [-0.2, -0.15) is 5.53 Å². The van der Waals surface area contributed by atoms with Gasteiger partial charge >= 0.3 is 5.97 Å². The highest BCUT2D eigenvalue weighted by Gasteiger charge is 2.33. The highest BCUT2D eigenvalue weighted by molar-refractivity contribution is 6.30. The van der Waals surface area contributed by atoms with E-state index in [1.165, 1.54) is 0 Å². The average molecular weight is 304 g/mol.